The summed E-state index contributed by atoms with van der Waals surface area (Å²) in [6.45, 7) is -0.596. The summed E-state index contributed by atoms with van der Waals surface area (Å²) in [4.78, 5) is 10.9. The van der Waals surface area contributed by atoms with Gasteiger partial charge in [-0.1, -0.05) is 0 Å². The third kappa shape index (κ3) is 3.63. The van der Waals surface area contributed by atoms with Crippen LogP contribution in [0.5, 0.6) is 0 Å². The summed E-state index contributed by atoms with van der Waals surface area (Å²) < 4.78 is 44.1. The molecule has 1 heterocycles. The minimum absolute atomic E-state index is 0.00404. The SMILES string of the molecule is O=C1COC(c2ccc(NCCO)c(C(F)(F)F)c2)=NN1. The van der Waals surface area contributed by atoms with Gasteiger partial charge in [0.1, 0.15) is 0 Å². The van der Waals surface area contributed by atoms with Crippen molar-refractivity contribution in [2.45, 2.75) is 6.18 Å². The molecule has 0 aliphatic carbocycles. The molecule has 1 aromatic rings. The Kier molecular flexibility index (Phi) is 4.32. The van der Waals surface area contributed by atoms with E-state index in [1.807, 2.05) is 0 Å². The molecule has 1 aromatic carbocycles. The van der Waals surface area contributed by atoms with Crippen molar-refractivity contribution in [2.24, 2.45) is 5.10 Å². The number of carbonyl (C=O) groups is 1. The zero-order chi connectivity index (χ0) is 15.5. The van der Waals surface area contributed by atoms with E-state index in [4.69, 9.17) is 9.84 Å². The molecule has 0 bridgehead atoms. The minimum atomic E-state index is -4.58. The number of carbonyl (C=O) groups excluding carboxylic acids is 1. The second kappa shape index (κ2) is 6.00. The van der Waals surface area contributed by atoms with Crippen LogP contribution in [0.15, 0.2) is 23.3 Å². The number of halogens is 3. The molecule has 9 heteroatoms. The first-order valence-electron chi connectivity index (χ1n) is 5.97. The van der Waals surface area contributed by atoms with E-state index in [0.29, 0.717) is 0 Å². The third-order valence-corrected chi connectivity index (χ3v) is 2.62. The maximum Gasteiger partial charge on any atom is 0.418 e. The number of alkyl halides is 3. The quantitative estimate of drug-likeness (QED) is 0.772. The van der Waals surface area contributed by atoms with E-state index < -0.39 is 17.6 Å². The lowest BCUT2D eigenvalue weighted by molar-refractivity contribution is -0.137. The van der Waals surface area contributed by atoms with E-state index in [-0.39, 0.29) is 36.9 Å². The second-order valence-electron chi connectivity index (χ2n) is 4.15. The maximum absolute atomic E-state index is 13.0. The summed E-state index contributed by atoms with van der Waals surface area (Å²) in [6, 6.07) is 3.47. The van der Waals surface area contributed by atoms with Crippen LogP contribution < -0.4 is 10.7 Å². The Hall–Kier alpha value is -2.29. The molecular weight excluding hydrogens is 291 g/mol. The number of hydrogen-bond donors (Lipinski definition) is 3. The molecule has 0 saturated carbocycles. The van der Waals surface area contributed by atoms with Gasteiger partial charge < -0.3 is 15.2 Å². The van der Waals surface area contributed by atoms with Gasteiger partial charge in [0.2, 0.25) is 5.90 Å². The van der Waals surface area contributed by atoms with Gasteiger partial charge >= 0.3 is 6.18 Å². The van der Waals surface area contributed by atoms with Crippen LogP contribution in [0.2, 0.25) is 0 Å². The number of ether oxygens (including phenoxy) is 1. The van der Waals surface area contributed by atoms with Gasteiger partial charge in [-0.25, -0.2) is 5.43 Å². The molecular formula is C12H12F3N3O3. The van der Waals surface area contributed by atoms with Crippen molar-refractivity contribution in [2.75, 3.05) is 25.1 Å². The number of amides is 1. The molecule has 2 rings (SSSR count). The molecule has 1 aliphatic rings. The van der Waals surface area contributed by atoms with Gasteiger partial charge in [0, 0.05) is 17.8 Å². The molecule has 0 radical (unpaired) electrons. The van der Waals surface area contributed by atoms with Crippen molar-refractivity contribution in [3.8, 4) is 0 Å². The van der Waals surface area contributed by atoms with Gasteiger partial charge in [0.05, 0.1) is 12.2 Å². The van der Waals surface area contributed by atoms with Crippen LogP contribution in [0, 0.1) is 0 Å². The number of hydrogen-bond acceptors (Lipinski definition) is 5. The number of nitrogens with one attached hydrogen (secondary N) is 2. The molecule has 114 valence electrons. The molecule has 6 nitrogen and oxygen atoms in total. The van der Waals surface area contributed by atoms with Crippen LogP contribution in [0.4, 0.5) is 18.9 Å². The van der Waals surface area contributed by atoms with E-state index in [1.54, 1.807) is 0 Å². The molecule has 0 atom stereocenters. The average Bonchev–Trinajstić information content (AvgIpc) is 2.45. The van der Waals surface area contributed by atoms with Gasteiger partial charge in [-0.05, 0) is 18.2 Å². The Bertz CT molecular complexity index is 573. The third-order valence-electron chi connectivity index (χ3n) is 2.62. The lowest BCUT2D eigenvalue weighted by Crippen LogP contribution is -2.32. The number of anilines is 1. The molecule has 1 amide bonds. The lowest BCUT2D eigenvalue weighted by atomic mass is 10.1. The minimum Gasteiger partial charge on any atom is -0.466 e. The van der Waals surface area contributed by atoms with E-state index in [9.17, 15) is 18.0 Å². The summed E-state index contributed by atoms with van der Waals surface area (Å²) in [5.74, 6) is -0.565. The maximum atomic E-state index is 13.0. The Morgan fingerprint density at radius 3 is 2.76 bits per heavy atom. The van der Waals surface area contributed by atoms with E-state index in [0.717, 1.165) is 6.07 Å². The van der Waals surface area contributed by atoms with Gasteiger partial charge in [-0.15, -0.1) is 5.10 Å². The van der Waals surface area contributed by atoms with Crippen molar-refractivity contribution >= 4 is 17.5 Å². The molecule has 0 unspecified atom stereocenters. The highest BCUT2D eigenvalue weighted by atomic mass is 19.4. The van der Waals surface area contributed by atoms with Crippen LogP contribution in [0.1, 0.15) is 11.1 Å². The van der Waals surface area contributed by atoms with Gasteiger partial charge in [0.15, 0.2) is 6.61 Å². The Morgan fingerprint density at radius 1 is 1.43 bits per heavy atom. The largest absolute Gasteiger partial charge is 0.466 e. The fourth-order valence-electron chi connectivity index (χ4n) is 1.72. The summed E-state index contributed by atoms with van der Waals surface area (Å²) in [5, 5.41) is 14.7. The molecule has 0 aromatic heterocycles. The summed E-state index contributed by atoms with van der Waals surface area (Å²) in [7, 11) is 0. The normalized spacial score (nSPS) is 15.0. The topological polar surface area (TPSA) is 83.0 Å². The van der Waals surface area contributed by atoms with Crippen molar-refractivity contribution in [1.29, 1.82) is 0 Å². The lowest BCUT2D eigenvalue weighted by Gasteiger charge is -2.18. The number of hydrazone groups is 1. The molecule has 3 N–H and O–H groups in total. The van der Waals surface area contributed by atoms with Gasteiger partial charge in [0.25, 0.3) is 5.91 Å². The monoisotopic (exact) mass is 303 g/mol. The Morgan fingerprint density at radius 2 is 2.19 bits per heavy atom. The zero-order valence-corrected chi connectivity index (χ0v) is 10.7. The predicted molar refractivity (Wildman–Crippen MR) is 67.7 cm³/mol. The highest BCUT2D eigenvalue weighted by molar-refractivity contribution is 5.98. The molecule has 0 spiro atoms. The Balaban J connectivity index is 2.35. The van der Waals surface area contributed by atoms with Crippen molar-refractivity contribution in [3.05, 3.63) is 29.3 Å². The van der Waals surface area contributed by atoms with E-state index in [2.05, 4.69) is 15.8 Å². The first-order valence-corrected chi connectivity index (χ1v) is 5.97. The highest BCUT2D eigenvalue weighted by Gasteiger charge is 2.34. The summed E-state index contributed by atoms with van der Waals surface area (Å²) >= 11 is 0. The van der Waals surface area contributed by atoms with Crippen molar-refractivity contribution in [3.63, 3.8) is 0 Å². The molecule has 1 aliphatic heterocycles. The zero-order valence-electron chi connectivity index (χ0n) is 10.7. The van der Waals surface area contributed by atoms with Crippen LogP contribution >= 0.6 is 0 Å². The number of aliphatic hydroxyl groups excluding tert-OH is 1. The Labute approximate surface area is 117 Å². The van der Waals surface area contributed by atoms with Gasteiger partial charge in [-0.3, -0.25) is 4.79 Å². The second-order valence-corrected chi connectivity index (χ2v) is 4.15. The first kappa shape index (κ1) is 15.1. The summed E-state index contributed by atoms with van der Waals surface area (Å²) in [6.07, 6.45) is -4.58. The van der Waals surface area contributed by atoms with Crippen LogP contribution in [0.25, 0.3) is 0 Å². The number of rotatable bonds is 4. The van der Waals surface area contributed by atoms with Crippen molar-refractivity contribution in [1.82, 2.24) is 5.43 Å². The smallest absolute Gasteiger partial charge is 0.418 e. The highest BCUT2D eigenvalue weighted by Crippen LogP contribution is 2.35. The van der Waals surface area contributed by atoms with Crippen LogP contribution in [-0.2, 0) is 15.7 Å². The first-order chi connectivity index (χ1) is 9.91. The molecule has 21 heavy (non-hydrogen) atoms. The fourth-order valence-corrected chi connectivity index (χ4v) is 1.72. The van der Waals surface area contributed by atoms with Gasteiger partial charge in [-0.2, -0.15) is 13.2 Å². The average molecular weight is 303 g/mol. The number of aliphatic hydroxyl groups is 1. The van der Waals surface area contributed by atoms with Crippen LogP contribution in [0.3, 0.4) is 0 Å². The standard InChI is InChI=1S/C12H12F3N3O3/c13-12(14,15)8-5-7(1-2-9(8)16-3-4-19)11-18-17-10(20)6-21-11/h1-2,5,16,19H,3-4,6H2,(H,17,20). The molecule has 0 saturated heterocycles. The number of nitrogens with zero attached hydrogens (tertiary/aromatic N) is 1. The number of benzene rings is 1. The fraction of sp³-hybridized carbons (Fsp3) is 0.333. The van der Waals surface area contributed by atoms with E-state index in [1.165, 1.54) is 12.1 Å². The summed E-state index contributed by atoms with van der Waals surface area (Å²) in [5.41, 5.74) is 1.17. The van der Waals surface area contributed by atoms with E-state index >= 15 is 0 Å². The molecule has 0 fully saturated rings. The van der Waals surface area contributed by atoms with Crippen LogP contribution in [-0.4, -0.2) is 36.7 Å². The predicted octanol–water partition coefficient (Wildman–Crippen LogP) is 0.918. The van der Waals surface area contributed by atoms with Crippen molar-refractivity contribution < 1.29 is 27.8 Å².